The van der Waals surface area contributed by atoms with Crippen LogP contribution in [0.3, 0.4) is 0 Å². The fourth-order valence-corrected chi connectivity index (χ4v) is 4.09. The quantitative estimate of drug-likeness (QED) is 0.399. The molecule has 1 aliphatic heterocycles. The molecule has 4 rings (SSSR count). The molecular formula is C25H27BrClNO5. The van der Waals surface area contributed by atoms with Crippen molar-refractivity contribution in [1.82, 2.24) is 5.32 Å². The molecule has 0 amide bonds. The van der Waals surface area contributed by atoms with Crippen molar-refractivity contribution in [2.75, 3.05) is 26.9 Å². The number of halogens is 2. The van der Waals surface area contributed by atoms with Gasteiger partial charge in [0.25, 0.3) is 0 Å². The zero-order chi connectivity index (χ0) is 22.3. The van der Waals surface area contributed by atoms with E-state index < -0.39 is 6.10 Å². The van der Waals surface area contributed by atoms with Crippen LogP contribution in [0.25, 0.3) is 0 Å². The van der Waals surface area contributed by atoms with Crippen LogP contribution in [0.4, 0.5) is 0 Å². The SMILES string of the molecule is COc1cc(CNCc2ccccc2)cc(Br)c1OCC(O)c1ccc2c(c1)OCCO2.Cl. The maximum absolute atomic E-state index is 10.6. The van der Waals surface area contributed by atoms with E-state index in [1.54, 1.807) is 19.2 Å². The second-order valence-corrected chi connectivity index (χ2v) is 8.28. The first-order valence-electron chi connectivity index (χ1n) is 10.5. The third kappa shape index (κ3) is 6.54. The number of methoxy groups -OCH3 is 1. The summed E-state index contributed by atoms with van der Waals surface area (Å²) < 4.78 is 23.4. The first-order chi connectivity index (χ1) is 15.6. The fourth-order valence-electron chi connectivity index (χ4n) is 3.49. The number of hydrogen-bond acceptors (Lipinski definition) is 6. The van der Waals surface area contributed by atoms with Gasteiger partial charge >= 0.3 is 0 Å². The van der Waals surface area contributed by atoms with Crippen LogP contribution in [0.2, 0.25) is 0 Å². The number of benzene rings is 3. The lowest BCUT2D eigenvalue weighted by Gasteiger charge is -2.21. The molecule has 1 atom stereocenters. The minimum absolute atomic E-state index is 0. The Bertz CT molecular complexity index is 1050. The molecule has 3 aromatic carbocycles. The van der Waals surface area contributed by atoms with Gasteiger partial charge in [-0.25, -0.2) is 0 Å². The van der Waals surface area contributed by atoms with Gasteiger partial charge in [-0.1, -0.05) is 36.4 Å². The molecule has 33 heavy (non-hydrogen) atoms. The van der Waals surface area contributed by atoms with E-state index in [1.807, 2.05) is 36.4 Å². The molecule has 1 heterocycles. The molecule has 0 bridgehead atoms. The summed E-state index contributed by atoms with van der Waals surface area (Å²) in [5, 5.41) is 14.1. The van der Waals surface area contributed by atoms with E-state index in [4.69, 9.17) is 18.9 Å². The Morgan fingerprint density at radius 1 is 0.970 bits per heavy atom. The summed E-state index contributed by atoms with van der Waals surface area (Å²) in [4.78, 5) is 0. The third-order valence-electron chi connectivity index (χ3n) is 5.13. The molecule has 0 fully saturated rings. The molecule has 1 unspecified atom stereocenters. The van der Waals surface area contributed by atoms with Gasteiger partial charge in [0.05, 0.1) is 11.6 Å². The minimum Gasteiger partial charge on any atom is -0.493 e. The minimum atomic E-state index is -0.824. The Labute approximate surface area is 208 Å². The van der Waals surface area contributed by atoms with E-state index in [0.717, 1.165) is 16.6 Å². The number of hydrogen-bond donors (Lipinski definition) is 2. The van der Waals surface area contributed by atoms with Gasteiger partial charge in [-0.15, -0.1) is 12.4 Å². The maximum atomic E-state index is 10.6. The Balaban J connectivity index is 0.00000306. The number of rotatable bonds is 9. The molecule has 0 aliphatic carbocycles. The molecule has 1 aliphatic rings. The Kier molecular flexibility index (Phi) is 9.26. The zero-order valence-electron chi connectivity index (χ0n) is 18.3. The number of aliphatic hydroxyl groups excluding tert-OH is 1. The van der Waals surface area contributed by atoms with Crippen LogP contribution in [0.5, 0.6) is 23.0 Å². The van der Waals surface area contributed by atoms with E-state index in [9.17, 15) is 5.11 Å². The van der Waals surface area contributed by atoms with Crippen LogP contribution < -0.4 is 24.3 Å². The third-order valence-corrected chi connectivity index (χ3v) is 5.72. The maximum Gasteiger partial charge on any atom is 0.175 e. The second-order valence-electron chi connectivity index (χ2n) is 7.43. The number of fused-ring (bicyclic) bond motifs is 1. The number of nitrogens with one attached hydrogen (secondary N) is 1. The number of aliphatic hydroxyl groups is 1. The van der Waals surface area contributed by atoms with Gasteiger partial charge in [0.2, 0.25) is 0 Å². The van der Waals surface area contributed by atoms with E-state index in [2.05, 4.69) is 33.4 Å². The van der Waals surface area contributed by atoms with Crippen molar-refractivity contribution in [3.05, 3.63) is 81.8 Å². The molecule has 8 heteroatoms. The summed E-state index contributed by atoms with van der Waals surface area (Å²) >= 11 is 3.58. The second kappa shape index (κ2) is 12.1. The molecule has 0 saturated carbocycles. The van der Waals surface area contributed by atoms with Crippen LogP contribution in [0, 0.1) is 0 Å². The van der Waals surface area contributed by atoms with Gasteiger partial charge in [0.15, 0.2) is 23.0 Å². The van der Waals surface area contributed by atoms with E-state index in [0.29, 0.717) is 48.3 Å². The van der Waals surface area contributed by atoms with Crippen molar-refractivity contribution < 1.29 is 24.1 Å². The molecule has 2 N–H and O–H groups in total. The molecule has 0 radical (unpaired) electrons. The van der Waals surface area contributed by atoms with Gasteiger partial charge in [-0.3, -0.25) is 0 Å². The molecule has 3 aromatic rings. The first kappa shape index (κ1) is 25.2. The van der Waals surface area contributed by atoms with Crippen LogP contribution >= 0.6 is 28.3 Å². The molecular weight excluding hydrogens is 510 g/mol. The standard InChI is InChI=1S/C25H26BrNO5.ClH/c1-29-24-12-18(15-27-14-17-5-3-2-4-6-17)11-20(26)25(24)32-16-21(28)19-7-8-22-23(13-19)31-10-9-30-22;/h2-8,11-13,21,27-28H,9-10,14-16H2,1H3;1H. The highest BCUT2D eigenvalue weighted by atomic mass is 79.9. The van der Waals surface area contributed by atoms with Crippen molar-refractivity contribution in [3.8, 4) is 23.0 Å². The van der Waals surface area contributed by atoms with E-state index in [1.165, 1.54) is 5.56 Å². The highest BCUT2D eigenvalue weighted by Crippen LogP contribution is 2.38. The van der Waals surface area contributed by atoms with Gasteiger partial charge < -0.3 is 29.4 Å². The lowest BCUT2D eigenvalue weighted by molar-refractivity contribution is 0.105. The van der Waals surface area contributed by atoms with Gasteiger partial charge in [0, 0.05) is 13.1 Å². The Morgan fingerprint density at radius 2 is 1.70 bits per heavy atom. The smallest absolute Gasteiger partial charge is 0.175 e. The van der Waals surface area contributed by atoms with Gasteiger partial charge in [-0.05, 0) is 56.9 Å². The lowest BCUT2D eigenvalue weighted by Crippen LogP contribution is -2.16. The Morgan fingerprint density at radius 3 is 2.45 bits per heavy atom. The predicted octanol–water partition coefficient (Wildman–Crippen LogP) is 5.05. The average Bonchev–Trinajstić information content (AvgIpc) is 2.83. The lowest BCUT2D eigenvalue weighted by atomic mass is 10.1. The highest BCUT2D eigenvalue weighted by molar-refractivity contribution is 9.10. The molecule has 6 nitrogen and oxygen atoms in total. The van der Waals surface area contributed by atoms with Crippen LogP contribution in [0.1, 0.15) is 22.8 Å². The summed E-state index contributed by atoms with van der Waals surface area (Å²) in [6, 6.07) is 19.6. The first-order valence-corrected chi connectivity index (χ1v) is 11.2. The summed E-state index contributed by atoms with van der Waals surface area (Å²) in [5.41, 5.74) is 2.99. The van der Waals surface area contributed by atoms with Crippen LogP contribution in [0.15, 0.2) is 65.1 Å². The molecule has 0 spiro atoms. The van der Waals surface area contributed by atoms with Crippen molar-refractivity contribution in [2.24, 2.45) is 0 Å². The van der Waals surface area contributed by atoms with Gasteiger partial charge in [0.1, 0.15) is 25.9 Å². The normalized spacial score (nSPS) is 13.1. The molecule has 0 aromatic heterocycles. The summed E-state index contributed by atoms with van der Waals surface area (Å²) in [5.74, 6) is 2.48. The summed E-state index contributed by atoms with van der Waals surface area (Å²) in [7, 11) is 1.60. The van der Waals surface area contributed by atoms with Crippen molar-refractivity contribution >= 4 is 28.3 Å². The van der Waals surface area contributed by atoms with Crippen molar-refractivity contribution in [3.63, 3.8) is 0 Å². The molecule has 176 valence electrons. The van der Waals surface area contributed by atoms with E-state index in [-0.39, 0.29) is 19.0 Å². The van der Waals surface area contributed by atoms with Crippen molar-refractivity contribution in [2.45, 2.75) is 19.2 Å². The molecule has 0 saturated heterocycles. The summed E-state index contributed by atoms with van der Waals surface area (Å²) in [6.45, 7) is 2.56. The van der Waals surface area contributed by atoms with Crippen molar-refractivity contribution in [1.29, 1.82) is 0 Å². The number of ether oxygens (including phenoxy) is 4. The predicted molar refractivity (Wildman–Crippen MR) is 133 cm³/mol. The van der Waals surface area contributed by atoms with E-state index >= 15 is 0 Å². The van der Waals surface area contributed by atoms with Gasteiger partial charge in [-0.2, -0.15) is 0 Å². The Hall–Kier alpha value is -2.45. The van der Waals surface area contributed by atoms with Crippen LogP contribution in [-0.2, 0) is 13.1 Å². The largest absolute Gasteiger partial charge is 0.493 e. The zero-order valence-corrected chi connectivity index (χ0v) is 20.7. The summed E-state index contributed by atoms with van der Waals surface area (Å²) in [6.07, 6.45) is -0.824. The highest BCUT2D eigenvalue weighted by Gasteiger charge is 2.18. The topological polar surface area (TPSA) is 69.2 Å². The average molecular weight is 537 g/mol. The monoisotopic (exact) mass is 535 g/mol. The fraction of sp³-hybridized carbons (Fsp3) is 0.280. The van der Waals surface area contributed by atoms with Crippen LogP contribution in [-0.4, -0.2) is 32.0 Å².